The largest absolute Gasteiger partial charge is 0.399 e. The van der Waals surface area contributed by atoms with Crippen LogP contribution in [0.1, 0.15) is 47.6 Å². The maximum Gasteiger partial charge on any atom is 0.254 e. The van der Waals surface area contributed by atoms with Gasteiger partial charge in [-0.15, -0.1) is 0 Å². The van der Waals surface area contributed by atoms with E-state index in [9.17, 15) is 4.79 Å². The molecule has 0 radical (unpaired) electrons. The molecule has 0 bridgehead atoms. The minimum atomic E-state index is 0.0862. The monoisotopic (exact) mass is 294 g/mol. The van der Waals surface area contributed by atoms with Crippen molar-refractivity contribution in [2.45, 2.75) is 31.7 Å². The summed E-state index contributed by atoms with van der Waals surface area (Å²) in [5.74, 6) is 0.0862. The van der Waals surface area contributed by atoms with E-state index in [4.69, 9.17) is 5.73 Å². The van der Waals surface area contributed by atoms with Crippen molar-refractivity contribution >= 4 is 11.6 Å². The summed E-state index contributed by atoms with van der Waals surface area (Å²) in [7, 11) is 0. The normalized spacial score (nSPS) is 18.7. The predicted octanol–water partition coefficient (Wildman–Crippen LogP) is 4.03. The van der Waals surface area contributed by atoms with Crippen LogP contribution in [-0.4, -0.2) is 17.4 Å². The van der Waals surface area contributed by atoms with Crippen molar-refractivity contribution in [3.05, 3.63) is 65.7 Å². The molecule has 22 heavy (non-hydrogen) atoms. The first-order valence-electron chi connectivity index (χ1n) is 7.97. The van der Waals surface area contributed by atoms with Gasteiger partial charge in [0.15, 0.2) is 0 Å². The summed E-state index contributed by atoms with van der Waals surface area (Å²) in [6.45, 7) is 0.813. The van der Waals surface area contributed by atoms with Crippen molar-refractivity contribution in [2.75, 3.05) is 12.3 Å². The smallest absolute Gasteiger partial charge is 0.254 e. The molecule has 1 fully saturated rings. The summed E-state index contributed by atoms with van der Waals surface area (Å²) < 4.78 is 0. The Bertz CT molecular complexity index is 639. The highest BCUT2D eigenvalue weighted by Crippen LogP contribution is 2.31. The molecule has 1 atom stereocenters. The van der Waals surface area contributed by atoms with Crippen molar-refractivity contribution in [1.82, 2.24) is 4.90 Å². The lowest BCUT2D eigenvalue weighted by atomic mass is 10.00. The molecule has 3 rings (SSSR count). The third-order valence-electron chi connectivity index (χ3n) is 4.33. The van der Waals surface area contributed by atoms with E-state index in [1.165, 1.54) is 18.4 Å². The van der Waals surface area contributed by atoms with E-state index in [0.29, 0.717) is 11.3 Å². The van der Waals surface area contributed by atoms with Crippen LogP contribution >= 0.6 is 0 Å². The Morgan fingerprint density at radius 3 is 2.59 bits per heavy atom. The van der Waals surface area contributed by atoms with Crippen LogP contribution in [0.5, 0.6) is 0 Å². The highest BCUT2D eigenvalue weighted by molar-refractivity contribution is 5.95. The maximum atomic E-state index is 13.0. The van der Waals surface area contributed by atoms with E-state index in [2.05, 4.69) is 12.1 Å². The number of nitrogens with zero attached hydrogens (tertiary/aromatic N) is 1. The first-order chi connectivity index (χ1) is 10.8. The van der Waals surface area contributed by atoms with E-state index in [1.54, 1.807) is 6.07 Å². The summed E-state index contributed by atoms with van der Waals surface area (Å²) >= 11 is 0. The van der Waals surface area contributed by atoms with Gasteiger partial charge < -0.3 is 10.6 Å². The molecule has 1 unspecified atom stereocenters. The molecule has 1 aliphatic heterocycles. The quantitative estimate of drug-likeness (QED) is 0.850. The maximum absolute atomic E-state index is 13.0. The Hall–Kier alpha value is -2.29. The lowest BCUT2D eigenvalue weighted by molar-refractivity contribution is 0.0681. The fourth-order valence-electron chi connectivity index (χ4n) is 3.21. The van der Waals surface area contributed by atoms with Crippen LogP contribution in [-0.2, 0) is 0 Å². The summed E-state index contributed by atoms with van der Waals surface area (Å²) in [6, 6.07) is 17.8. The van der Waals surface area contributed by atoms with E-state index in [1.807, 2.05) is 41.3 Å². The van der Waals surface area contributed by atoms with E-state index in [0.717, 1.165) is 19.4 Å². The fourth-order valence-corrected chi connectivity index (χ4v) is 3.21. The van der Waals surface area contributed by atoms with Crippen LogP contribution in [0, 0.1) is 0 Å². The number of carbonyl (C=O) groups excluding carboxylic acids is 1. The molecule has 0 aliphatic carbocycles. The van der Waals surface area contributed by atoms with E-state index >= 15 is 0 Å². The molecular formula is C19H22N2O. The topological polar surface area (TPSA) is 46.3 Å². The Morgan fingerprint density at radius 2 is 1.82 bits per heavy atom. The summed E-state index contributed by atoms with van der Waals surface area (Å²) in [5, 5.41) is 0. The number of anilines is 1. The lowest BCUT2D eigenvalue weighted by Crippen LogP contribution is -2.34. The second-order valence-electron chi connectivity index (χ2n) is 5.90. The van der Waals surface area contributed by atoms with Crippen molar-refractivity contribution in [2.24, 2.45) is 0 Å². The minimum Gasteiger partial charge on any atom is -0.399 e. The third kappa shape index (κ3) is 3.14. The van der Waals surface area contributed by atoms with Gasteiger partial charge in [0.05, 0.1) is 6.04 Å². The molecule has 1 heterocycles. The Kier molecular flexibility index (Phi) is 4.42. The second-order valence-corrected chi connectivity index (χ2v) is 5.90. The highest BCUT2D eigenvalue weighted by Gasteiger charge is 2.27. The van der Waals surface area contributed by atoms with Gasteiger partial charge in [-0.2, -0.15) is 0 Å². The van der Waals surface area contributed by atoms with Crippen molar-refractivity contribution in [1.29, 1.82) is 0 Å². The van der Waals surface area contributed by atoms with Gasteiger partial charge in [0.25, 0.3) is 5.91 Å². The number of likely N-dealkylation sites (tertiary alicyclic amines) is 1. The van der Waals surface area contributed by atoms with E-state index < -0.39 is 0 Å². The number of benzene rings is 2. The molecule has 2 aromatic rings. The van der Waals surface area contributed by atoms with Gasteiger partial charge in [-0.25, -0.2) is 0 Å². The van der Waals surface area contributed by atoms with Gasteiger partial charge in [0, 0.05) is 17.8 Å². The lowest BCUT2D eigenvalue weighted by Gasteiger charge is -2.30. The zero-order chi connectivity index (χ0) is 15.4. The summed E-state index contributed by atoms with van der Waals surface area (Å²) in [5.41, 5.74) is 8.37. The standard InChI is InChI=1S/C19H22N2O/c20-17-11-7-10-16(14-17)19(22)21-13-6-2-5-12-18(21)15-8-3-1-4-9-15/h1,3-4,7-11,14,18H,2,5-6,12-13,20H2. The van der Waals surface area contributed by atoms with Gasteiger partial charge in [0.1, 0.15) is 0 Å². The number of nitrogen functional groups attached to an aromatic ring is 1. The van der Waals surface area contributed by atoms with Gasteiger partial charge in [-0.1, -0.05) is 49.2 Å². The number of nitrogens with two attached hydrogens (primary N) is 1. The number of rotatable bonds is 2. The summed E-state index contributed by atoms with van der Waals surface area (Å²) in [6.07, 6.45) is 4.44. The zero-order valence-corrected chi connectivity index (χ0v) is 12.7. The van der Waals surface area contributed by atoms with Gasteiger partial charge >= 0.3 is 0 Å². The Balaban J connectivity index is 1.92. The SMILES string of the molecule is Nc1cccc(C(=O)N2CCCCCC2c2ccccc2)c1. The molecule has 3 heteroatoms. The molecule has 1 aliphatic rings. The third-order valence-corrected chi connectivity index (χ3v) is 4.33. The second kappa shape index (κ2) is 6.65. The molecule has 0 saturated carbocycles. The van der Waals surface area contributed by atoms with Crippen LogP contribution < -0.4 is 5.73 Å². The van der Waals surface area contributed by atoms with Gasteiger partial charge in [-0.05, 0) is 36.6 Å². The molecule has 1 saturated heterocycles. The number of hydrogen-bond donors (Lipinski definition) is 1. The molecule has 0 aromatic heterocycles. The highest BCUT2D eigenvalue weighted by atomic mass is 16.2. The van der Waals surface area contributed by atoms with Crippen molar-refractivity contribution in [3.63, 3.8) is 0 Å². The van der Waals surface area contributed by atoms with E-state index in [-0.39, 0.29) is 11.9 Å². The van der Waals surface area contributed by atoms with Crippen LogP contribution in [0.3, 0.4) is 0 Å². The van der Waals surface area contributed by atoms with Crippen molar-refractivity contribution < 1.29 is 4.79 Å². The predicted molar refractivity (Wildman–Crippen MR) is 89.5 cm³/mol. The Morgan fingerprint density at radius 1 is 1.00 bits per heavy atom. The van der Waals surface area contributed by atoms with Crippen LogP contribution in [0.4, 0.5) is 5.69 Å². The van der Waals surface area contributed by atoms with Gasteiger partial charge in [-0.3, -0.25) is 4.79 Å². The average molecular weight is 294 g/mol. The van der Waals surface area contributed by atoms with Crippen LogP contribution in [0.15, 0.2) is 54.6 Å². The fraction of sp³-hybridized carbons (Fsp3) is 0.316. The first-order valence-corrected chi connectivity index (χ1v) is 7.97. The Labute approximate surface area is 131 Å². The molecule has 114 valence electrons. The first kappa shape index (κ1) is 14.6. The zero-order valence-electron chi connectivity index (χ0n) is 12.7. The average Bonchev–Trinajstić information content (AvgIpc) is 2.81. The van der Waals surface area contributed by atoms with Crippen LogP contribution in [0.25, 0.3) is 0 Å². The molecule has 1 amide bonds. The van der Waals surface area contributed by atoms with Crippen LogP contribution in [0.2, 0.25) is 0 Å². The molecule has 2 aromatic carbocycles. The number of amides is 1. The molecule has 0 spiro atoms. The summed E-state index contributed by atoms with van der Waals surface area (Å²) in [4.78, 5) is 15.0. The number of hydrogen-bond acceptors (Lipinski definition) is 2. The minimum absolute atomic E-state index is 0.0862. The molecule has 2 N–H and O–H groups in total. The number of carbonyl (C=O) groups is 1. The molecule has 3 nitrogen and oxygen atoms in total. The van der Waals surface area contributed by atoms with Crippen molar-refractivity contribution in [3.8, 4) is 0 Å². The van der Waals surface area contributed by atoms with Gasteiger partial charge in [0.2, 0.25) is 0 Å². The molecular weight excluding hydrogens is 272 g/mol.